The largest absolute Gasteiger partial charge is 0.350 e. The standard InChI is InChI=1S/C12H19N3/c1-12(2,10-14)6-4-8-15-7-3-5-11(15)9-13/h3,5,7H,4,6,8-9,13H2,1-2H3. The molecule has 0 spiro atoms. The Labute approximate surface area is 91.5 Å². The van der Waals surface area contributed by atoms with Crippen molar-refractivity contribution < 1.29 is 0 Å². The molecule has 3 nitrogen and oxygen atoms in total. The minimum atomic E-state index is -0.212. The van der Waals surface area contributed by atoms with Crippen LogP contribution in [0.25, 0.3) is 0 Å². The highest BCUT2D eigenvalue weighted by Gasteiger charge is 2.15. The summed E-state index contributed by atoms with van der Waals surface area (Å²) in [5.74, 6) is 0. The minimum Gasteiger partial charge on any atom is -0.350 e. The normalized spacial score (nSPS) is 11.3. The fourth-order valence-electron chi connectivity index (χ4n) is 1.60. The lowest BCUT2D eigenvalue weighted by atomic mass is 9.90. The Morgan fingerprint density at radius 2 is 2.27 bits per heavy atom. The smallest absolute Gasteiger partial charge is 0.0683 e. The summed E-state index contributed by atoms with van der Waals surface area (Å²) in [7, 11) is 0. The van der Waals surface area contributed by atoms with Gasteiger partial charge in [-0.25, -0.2) is 0 Å². The molecule has 0 saturated heterocycles. The van der Waals surface area contributed by atoms with E-state index in [-0.39, 0.29) is 5.41 Å². The zero-order chi connectivity index (χ0) is 11.3. The molecule has 15 heavy (non-hydrogen) atoms. The van der Waals surface area contributed by atoms with Gasteiger partial charge in [0.2, 0.25) is 0 Å². The van der Waals surface area contributed by atoms with Gasteiger partial charge in [0.15, 0.2) is 0 Å². The van der Waals surface area contributed by atoms with Crippen LogP contribution in [0.5, 0.6) is 0 Å². The van der Waals surface area contributed by atoms with Gasteiger partial charge in [0.05, 0.1) is 11.5 Å². The number of nitrogens with zero attached hydrogens (tertiary/aromatic N) is 2. The van der Waals surface area contributed by atoms with Gasteiger partial charge in [0.1, 0.15) is 0 Å². The average molecular weight is 205 g/mol. The van der Waals surface area contributed by atoms with E-state index in [0.29, 0.717) is 6.54 Å². The van der Waals surface area contributed by atoms with Crippen LogP contribution in [0.2, 0.25) is 0 Å². The first-order chi connectivity index (χ1) is 7.09. The van der Waals surface area contributed by atoms with Crippen LogP contribution in [0, 0.1) is 16.7 Å². The van der Waals surface area contributed by atoms with Crippen molar-refractivity contribution in [2.45, 2.75) is 39.8 Å². The number of rotatable bonds is 5. The molecular formula is C12H19N3. The van der Waals surface area contributed by atoms with E-state index in [2.05, 4.69) is 10.6 Å². The van der Waals surface area contributed by atoms with Gasteiger partial charge in [-0.05, 0) is 38.8 Å². The molecule has 1 aromatic heterocycles. The van der Waals surface area contributed by atoms with Gasteiger partial charge in [0, 0.05) is 25.0 Å². The van der Waals surface area contributed by atoms with Crippen molar-refractivity contribution in [3.63, 3.8) is 0 Å². The molecule has 0 bridgehead atoms. The van der Waals surface area contributed by atoms with Gasteiger partial charge >= 0.3 is 0 Å². The quantitative estimate of drug-likeness (QED) is 0.801. The average Bonchev–Trinajstić information content (AvgIpc) is 2.65. The molecule has 0 aromatic carbocycles. The molecule has 1 heterocycles. The van der Waals surface area contributed by atoms with Crippen molar-refractivity contribution in [2.24, 2.45) is 11.1 Å². The third-order valence-electron chi connectivity index (χ3n) is 2.64. The Morgan fingerprint density at radius 1 is 1.53 bits per heavy atom. The van der Waals surface area contributed by atoms with Gasteiger partial charge in [-0.3, -0.25) is 0 Å². The van der Waals surface area contributed by atoms with Crippen LogP contribution in [0.4, 0.5) is 0 Å². The predicted octanol–water partition coefficient (Wildman–Crippen LogP) is 2.28. The first kappa shape index (κ1) is 11.8. The second-order valence-electron chi connectivity index (χ2n) is 4.50. The Kier molecular flexibility index (Phi) is 3.93. The van der Waals surface area contributed by atoms with E-state index in [0.717, 1.165) is 25.1 Å². The van der Waals surface area contributed by atoms with E-state index in [1.165, 1.54) is 0 Å². The third-order valence-corrected chi connectivity index (χ3v) is 2.64. The second-order valence-corrected chi connectivity index (χ2v) is 4.50. The third kappa shape index (κ3) is 3.41. The molecular weight excluding hydrogens is 186 g/mol. The summed E-state index contributed by atoms with van der Waals surface area (Å²) in [5, 5.41) is 8.88. The Bertz CT molecular complexity index is 344. The zero-order valence-electron chi connectivity index (χ0n) is 9.53. The lowest BCUT2D eigenvalue weighted by Gasteiger charge is -2.15. The van der Waals surface area contributed by atoms with Crippen molar-refractivity contribution in [3.8, 4) is 6.07 Å². The maximum atomic E-state index is 8.88. The molecule has 0 unspecified atom stereocenters. The monoisotopic (exact) mass is 205 g/mol. The molecule has 2 N–H and O–H groups in total. The van der Waals surface area contributed by atoms with E-state index < -0.39 is 0 Å². The van der Waals surface area contributed by atoms with Crippen LogP contribution in [0.1, 0.15) is 32.4 Å². The number of hydrogen-bond acceptors (Lipinski definition) is 2. The van der Waals surface area contributed by atoms with Crippen LogP contribution in [0.3, 0.4) is 0 Å². The summed E-state index contributed by atoms with van der Waals surface area (Å²) >= 11 is 0. The molecule has 1 aromatic rings. The van der Waals surface area contributed by atoms with E-state index in [4.69, 9.17) is 11.0 Å². The Balaban J connectivity index is 2.42. The maximum Gasteiger partial charge on any atom is 0.0683 e. The number of nitriles is 1. The fourth-order valence-corrected chi connectivity index (χ4v) is 1.60. The zero-order valence-corrected chi connectivity index (χ0v) is 9.53. The van der Waals surface area contributed by atoms with Crippen molar-refractivity contribution in [1.29, 1.82) is 5.26 Å². The Morgan fingerprint density at radius 3 is 2.87 bits per heavy atom. The van der Waals surface area contributed by atoms with Crippen molar-refractivity contribution in [3.05, 3.63) is 24.0 Å². The highest BCUT2D eigenvalue weighted by Crippen LogP contribution is 2.21. The van der Waals surface area contributed by atoms with Gasteiger partial charge < -0.3 is 10.3 Å². The molecule has 0 saturated carbocycles. The molecule has 0 fully saturated rings. The topological polar surface area (TPSA) is 54.7 Å². The Hall–Kier alpha value is -1.27. The first-order valence-corrected chi connectivity index (χ1v) is 5.34. The number of aryl methyl sites for hydroxylation is 1. The van der Waals surface area contributed by atoms with Gasteiger partial charge in [0.25, 0.3) is 0 Å². The van der Waals surface area contributed by atoms with Crippen LogP contribution in [-0.4, -0.2) is 4.57 Å². The van der Waals surface area contributed by atoms with Crippen LogP contribution >= 0.6 is 0 Å². The molecule has 1 rings (SSSR count). The highest BCUT2D eigenvalue weighted by molar-refractivity contribution is 5.06. The summed E-state index contributed by atoms with van der Waals surface area (Å²) < 4.78 is 2.16. The summed E-state index contributed by atoms with van der Waals surface area (Å²) in [5.41, 5.74) is 6.55. The highest BCUT2D eigenvalue weighted by atomic mass is 15.0. The van der Waals surface area contributed by atoms with Gasteiger partial charge in [-0.1, -0.05) is 0 Å². The summed E-state index contributed by atoms with van der Waals surface area (Å²) in [6.45, 7) is 5.48. The lowest BCUT2D eigenvalue weighted by Crippen LogP contribution is -2.11. The summed E-state index contributed by atoms with van der Waals surface area (Å²) in [4.78, 5) is 0. The van der Waals surface area contributed by atoms with Crippen LogP contribution < -0.4 is 5.73 Å². The lowest BCUT2D eigenvalue weighted by molar-refractivity contribution is 0.413. The molecule has 0 atom stereocenters. The summed E-state index contributed by atoms with van der Waals surface area (Å²) in [6.07, 6.45) is 3.98. The minimum absolute atomic E-state index is 0.212. The van der Waals surface area contributed by atoms with E-state index in [1.807, 2.05) is 32.2 Å². The predicted molar refractivity (Wildman–Crippen MR) is 61.0 cm³/mol. The number of nitrogens with two attached hydrogens (primary N) is 1. The van der Waals surface area contributed by atoms with E-state index >= 15 is 0 Å². The van der Waals surface area contributed by atoms with Crippen molar-refractivity contribution in [1.82, 2.24) is 4.57 Å². The first-order valence-electron chi connectivity index (χ1n) is 5.34. The number of hydrogen-bond donors (Lipinski definition) is 1. The SMILES string of the molecule is CC(C)(C#N)CCCn1cccc1CN. The van der Waals surface area contributed by atoms with Gasteiger partial charge in [-0.15, -0.1) is 0 Å². The van der Waals surface area contributed by atoms with Crippen LogP contribution in [-0.2, 0) is 13.1 Å². The number of aromatic nitrogens is 1. The molecule has 0 aliphatic heterocycles. The van der Waals surface area contributed by atoms with E-state index in [1.54, 1.807) is 0 Å². The van der Waals surface area contributed by atoms with Gasteiger partial charge in [-0.2, -0.15) is 5.26 Å². The van der Waals surface area contributed by atoms with Crippen molar-refractivity contribution in [2.75, 3.05) is 0 Å². The molecule has 0 aliphatic carbocycles. The summed E-state index contributed by atoms with van der Waals surface area (Å²) in [6, 6.07) is 6.36. The molecule has 0 amide bonds. The van der Waals surface area contributed by atoms with E-state index in [9.17, 15) is 0 Å². The molecule has 0 aliphatic rings. The van der Waals surface area contributed by atoms with Crippen LogP contribution in [0.15, 0.2) is 18.3 Å². The molecule has 3 heteroatoms. The fraction of sp³-hybridized carbons (Fsp3) is 0.583. The van der Waals surface area contributed by atoms with Crippen molar-refractivity contribution >= 4 is 0 Å². The second kappa shape index (κ2) is 4.99. The molecule has 0 radical (unpaired) electrons. The maximum absolute atomic E-state index is 8.88. The molecule has 82 valence electrons.